The number of nitrogens with zero attached hydrogens (tertiary/aromatic N) is 1. The summed E-state index contributed by atoms with van der Waals surface area (Å²) in [7, 11) is 0. The molecule has 1 heterocycles. The molecule has 4 nitrogen and oxygen atoms in total. The van der Waals surface area contributed by atoms with E-state index >= 15 is 0 Å². The molecule has 0 saturated heterocycles. The molecule has 1 fully saturated rings. The Morgan fingerprint density at radius 1 is 1.39 bits per heavy atom. The highest BCUT2D eigenvalue weighted by Gasteiger charge is 2.33. The summed E-state index contributed by atoms with van der Waals surface area (Å²) in [6.07, 6.45) is 3.17. The zero-order valence-corrected chi connectivity index (χ0v) is 10.4. The third-order valence-electron chi connectivity index (χ3n) is 3.74. The number of nitrogens with two attached hydrogens (primary N) is 1. The Labute approximate surface area is 107 Å². The molecule has 1 aromatic rings. The largest absolute Gasteiger partial charge is 0.335 e. The van der Waals surface area contributed by atoms with Crippen molar-refractivity contribution < 1.29 is 4.79 Å². The highest BCUT2D eigenvalue weighted by atomic mass is 16.2. The van der Waals surface area contributed by atoms with Gasteiger partial charge < -0.3 is 11.1 Å². The van der Waals surface area contributed by atoms with Crippen LogP contribution in [0.2, 0.25) is 0 Å². The number of carbonyl (C=O) groups excluding carboxylic acids is 1. The molecule has 3 N–H and O–H groups in total. The Morgan fingerprint density at radius 3 is 2.89 bits per heavy atom. The van der Waals surface area contributed by atoms with Gasteiger partial charge in [-0.15, -0.1) is 0 Å². The van der Waals surface area contributed by atoms with E-state index in [1.807, 2.05) is 23.1 Å². The minimum absolute atomic E-state index is 0.0458. The van der Waals surface area contributed by atoms with Crippen molar-refractivity contribution in [2.24, 2.45) is 5.73 Å². The number of anilines is 1. The normalized spacial score (nSPS) is 21.8. The van der Waals surface area contributed by atoms with Gasteiger partial charge in [0, 0.05) is 24.2 Å². The van der Waals surface area contributed by atoms with Crippen LogP contribution in [-0.4, -0.2) is 25.2 Å². The number of rotatable bonds is 3. The van der Waals surface area contributed by atoms with E-state index < -0.39 is 0 Å². The van der Waals surface area contributed by atoms with Gasteiger partial charge in [0.25, 0.3) is 0 Å². The standard InChI is InChI=1S/C14H19N3O/c15-8-7-10-9-17(14(18)16-11-5-6-11)13-4-2-1-3-12(10)13/h1-4,10-11H,5-9,15H2,(H,16,18). The van der Waals surface area contributed by atoms with Gasteiger partial charge in [0.15, 0.2) is 0 Å². The topological polar surface area (TPSA) is 58.4 Å². The van der Waals surface area contributed by atoms with Crippen LogP contribution in [0.3, 0.4) is 0 Å². The first-order valence-corrected chi connectivity index (χ1v) is 6.66. The van der Waals surface area contributed by atoms with Gasteiger partial charge in [0.2, 0.25) is 0 Å². The Balaban J connectivity index is 1.81. The number of hydrogen-bond donors (Lipinski definition) is 2. The van der Waals surface area contributed by atoms with Crippen LogP contribution in [0.4, 0.5) is 10.5 Å². The number of hydrogen-bond acceptors (Lipinski definition) is 2. The van der Waals surface area contributed by atoms with Crippen molar-refractivity contribution in [3.8, 4) is 0 Å². The number of carbonyl (C=O) groups is 1. The maximum Gasteiger partial charge on any atom is 0.322 e. The maximum atomic E-state index is 12.2. The zero-order valence-electron chi connectivity index (χ0n) is 10.4. The lowest BCUT2D eigenvalue weighted by Gasteiger charge is -2.18. The molecule has 2 amide bonds. The highest BCUT2D eigenvalue weighted by molar-refractivity contribution is 5.95. The van der Waals surface area contributed by atoms with Gasteiger partial charge in [0.05, 0.1) is 0 Å². The number of urea groups is 1. The Bertz CT molecular complexity index is 456. The number of para-hydroxylation sites is 1. The lowest BCUT2D eigenvalue weighted by molar-refractivity contribution is 0.246. The summed E-state index contributed by atoms with van der Waals surface area (Å²) in [5, 5.41) is 3.06. The smallest absolute Gasteiger partial charge is 0.322 e. The van der Waals surface area contributed by atoms with Crippen molar-refractivity contribution in [1.82, 2.24) is 5.32 Å². The van der Waals surface area contributed by atoms with Crippen molar-refractivity contribution in [2.45, 2.75) is 31.2 Å². The second kappa shape index (κ2) is 4.61. The molecule has 1 unspecified atom stereocenters. The first kappa shape index (κ1) is 11.5. The Morgan fingerprint density at radius 2 is 2.17 bits per heavy atom. The first-order chi connectivity index (χ1) is 8.79. The second-order valence-corrected chi connectivity index (χ2v) is 5.17. The molecule has 1 aromatic carbocycles. The lowest BCUT2D eigenvalue weighted by atomic mass is 9.98. The Hall–Kier alpha value is -1.55. The fraction of sp³-hybridized carbons (Fsp3) is 0.500. The van der Waals surface area contributed by atoms with Crippen LogP contribution in [0.5, 0.6) is 0 Å². The van der Waals surface area contributed by atoms with Crippen LogP contribution in [0.1, 0.15) is 30.7 Å². The lowest BCUT2D eigenvalue weighted by Crippen LogP contribution is -2.40. The fourth-order valence-corrected chi connectivity index (χ4v) is 2.62. The van der Waals surface area contributed by atoms with E-state index in [0.717, 1.165) is 31.5 Å². The minimum atomic E-state index is 0.0458. The van der Waals surface area contributed by atoms with Gasteiger partial charge >= 0.3 is 6.03 Å². The van der Waals surface area contributed by atoms with Gasteiger partial charge in [-0.25, -0.2) is 4.79 Å². The number of fused-ring (bicyclic) bond motifs is 1. The van der Waals surface area contributed by atoms with Crippen LogP contribution in [0.25, 0.3) is 0 Å². The summed E-state index contributed by atoms with van der Waals surface area (Å²) in [5.74, 6) is 0.385. The van der Waals surface area contributed by atoms with E-state index in [1.54, 1.807) is 0 Å². The SMILES string of the molecule is NCCC1CN(C(=O)NC2CC2)c2ccccc21. The second-order valence-electron chi connectivity index (χ2n) is 5.17. The monoisotopic (exact) mass is 245 g/mol. The van der Waals surface area contributed by atoms with E-state index in [2.05, 4.69) is 11.4 Å². The third kappa shape index (κ3) is 2.08. The molecular weight excluding hydrogens is 226 g/mol. The molecule has 2 aliphatic rings. The molecular formula is C14H19N3O. The van der Waals surface area contributed by atoms with Crippen LogP contribution in [-0.2, 0) is 0 Å². The van der Waals surface area contributed by atoms with Crippen LogP contribution in [0.15, 0.2) is 24.3 Å². The van der Waals surface area contributed by atoms with Crippen LogP contribution < -0.4 is 16.0 Å². The quantitative estimate of drug-likeness (QED) is 0.853. The van der Waals surface area contributed by atoms with Crippen molar-refractivity contribution in [2.75, 3.05) is 18.0 Å². The van der Waals surface area contributed by atoms with E-state index in [1.165, 1.54) is 5.56 Å². The first-order valence-electron chi connectivity index (χ1n) is 6.66. The predicted octanol–water partition coefficient (Wildman–Crippen LogP) is 1.81. The van der Waals surface area contributed by atoms with Crippen molar-refractivity contribution in [3.05, 3.63) is 29.8 Å². The minimum Gasteiger partial charge on any atom is -0.335 e. The summed E-state index contributed by atoms with van der Waals surface area (Å²) in [6, 6.07) is 8.60. The summed E-state index contributed by atoms with van der Waals surface area (Å²) < 4.78 is 0. The molecule has 0 radical (unpaired) electrons. The average molecular weight is 245 g/mol. The molecule has 96 valence electrons. The molecule has 1 atom stereocenters. The highest BCUT2D eigenvalue weighted by Crippen LogP contribution is 2.37. The third-order valence-corrected chi connectivity index (χ3v) is 3.74. The van der Waals surface area contributed by atoms with E-state index in [-0.39, 0.29) is 6.03 Å². The molecule has 4 heteroatoms. The number of amides is 2. The molecule has 18 heavy (non-hydrogen) atoms. The molecule has 1 aliphatic carbocycles. The van der Waals surface area contributed by atoms with E-state index in [4.69, 9.17) is 5.73 Å². The number of benzene rings is 1. The van der Waals surface area contributed by atoms with E-state index in [0.29, 0.717) is 18.5 Å². The van der Waals surface area contributed by atoms with Crippen LogP contribution in [0, 0.1) is 0 Å². The van der Waals surface area contributed by atoms with Gasteiger partial charge in [0.1, 0.15) is 0 Å². The number of nitrogens with one attached hydrogen (secondary N) is 1. The van der Waals surface area contributed by atoms with Gasteiger partial charge in [-0.3, -0.25) is 4.90 Å². The van der Waals surface area contributed by atoms with Crippen molar-refractivity contribution >= 4 is 11.7 Å². The summed E-state index contributed by atoms with van der Waals surface area (Å²) in [6.45, 7) is 1.42. The molecule has 3 rings (SSSR count). The predicted molar refractivity (Wildman–Crippen MR) is 71.8 cm³/mol. The van der Waals surface area contributed by atoms with Gasteiger partial charge in [-0.2, -0.15) is 0 Å². The molecule has 0 aromatic heterocycles. The summed E-state index contributed by atoms with van der Waals surface area (Å²) >= 11 is 0. The average Bonchev–Trinajstić information content (AvgIpc) is 3.11. The van der Waals surface area contributed by atoms with Crippen LogP contribution >= 0.6 is 0 Å². The Kier molecular flexibility index (Phi) is 2.96. The molecule has 0 spiro atoms. The zero-order chi connectivity index (χ0) is 12.5. The van der Waals surface area contributed by atoms with Gasteiger partial charge in [-0.1, -0.05) is 18.2 Å². The molecule has 0 bridgehead atoms. The summed E-state index contributed by atoms with van der Waals surface area (Å²) in [4.78, 5) is 14.1. The molecule has 1 aliphatic heterocycles. The molecule has 1 saturated carbocycles. The van der Waals surface area contributed by atoms with Crippen molar-refractivity contribution in [3.63, 3.8) is 0 Å². The fourth-order valence-electron chi connectivity index (χ4n) is 2.62. The maximum absolute atomic E-state index is 12.2. The van der Waals surface area contributed by atoms with E-state index in [9.17, 15) is 4.79 Å². The summed E-state index contributed by atoms with van der Waals surface area (Å²) in [5.41, 5.74) is 7.97. The van der Waals surface area contributed by atoms with Crippen molar-refractivity contribution in [1.29, 1.82) is 0 Å². The van der Waals surface area contributed by atoms with Gasteiger partial charge in [-0.05, 0) is 37.4 Å².